The summed E-state index contributed by atoms with van der Waals surface area (Å²) in [4.78, 5) is 0. The number of hydrogen-bond donors (Lipinski definition) is 1. The molecular formula is C16H39NO2Si3. The zero-order chi connectivity index (χ0) is 17.2. The third-order valence-electron chi connectivity index (χ3n) is 5.38. The lowest BCUT2D eigenvalue weighted by Gasteiger charge is -2.36. The van der Waals surface area contributed by atoms with Crippen LogP contribution in [0.4, 0.5) is 0 Å². The minimum atomic E-state index is -2.00. The molecule has 2 N–H and O–H groups in total. The molecule has 0 spiro atoms. The summed E-state index contributed by atoms with van der Waals surface area (Å²) in [5.41, 5.74) is 7.01. The molecule has 0 radical (unpaired) electrons. The van der Waals surface area contributed by atoms with E-state index < -0.39 is 25.9 Å². The van der Waals surface area contributed by atoms with Gasteiger partial charge >= 0.3 is 8.56 Å². The van der Waals surface area contributed by atoms with Crippen LogP contribution < -0.4 is 5.73 Å². The predicted octanol–water partition coefficient (Wildman–Crippen LogP) is 4.46. The van der Waals surface area contributed by atoms with Crippen LogP contribution in [-0.2, 0) is 8.23 Å². The standard InChI is InChI=1S/C16H39NO2Si3/c1-9-14(2)10-11-21(5,6)19-22(7,8)18-20(4)15-12-16(15,3)13-17/h14-15,20H,9-13,17H2,1-8H3. The van der Waals surface area contributed by atoms with Crippen molar-refractivity contribution in [3.8, 4) is 0 Å². The summed E-state index contributed by atoms with van der Waals surface area (Å²) in [6, 6.07) is 1.25. The molecule has 3 nitrogen and oxygen atoms in total. The molecule has 132 valence electrons. The first-order valence-electron chi connectivity index (χ1n) is 9.03. The van der Waals surface area contributed by atoms with E-state index in [1.165, 1.54) is 25.3 Å². The molecule has 0 aromatic heterocycles. The molecule has 0 saturated heterocycles. The molecule has 0 aromatic rings. The molecule has 6 heteroatoms. The van der Waals surface area contributed by atoms with Crippen LogP contribution in [0.25, 0.3) is 0 Å². The second-order valence-corrected chi connectivity index (χ2v) is 19.6. The molecule has 0 bridgehead atoms. The third kappa shape index (κ3) is 6.20. The Morgan fingerprint density at radius 1 is 1.32 bits per heavy atom. The molecule has 1 aliphatic rings. The molecular weight excluding hydrogens is 322 g/mol. The molecule has 0 heterocycles. The van der Waals surface area contributed by atoms with E-state index in [0.29, 0.717) is 5.41 Å². The van der Waals surface area contributed by atoms with E-state index in [1.807, 2.05) is 0 Å². The first kappa shape index (κ1) is 20.6. The lowest BCUT2D eigenvalue weighted by Crippen LogP contribution is -2.49. The molecule has 1 fully saturated rings. The fourth-order valence-electron chi connectivity index (χ4n) is 3.48. The topological polar surface area (TPSA) is 44.5 Å². The van der Waals surface area contributed by atoms with Gasteiger partial charge in [-0.1, -0.05) is 33.6 Å². The molecule has 4 unspecified atom stereocenters. The molecule has 0 aliphatic heterocycles. The van der Waals surface area contributed by atoms with Crippen molar-refractivity contribution in [1.82, 2.24) is 0 Å². The van der Waals surface area contributed by atoms with Crippen molar-refractivity contribution in [2.75, 3.05) is 6.54 Å². The monoisotopic (exact) mass is 361 g/mol. The SMILES string of the molecule is CCC(C)CC[Si](C)(C)O[Si](C)(C)O[SiH](C)C1CC1(C)CN. The van der Waals surface area contributed by atoms with Gasteiger partial charge in [0.1, 0.15) is 0 Å². The minimum Gasteiger partial charge on any atom is -0.439 e. The van der Waals surface area contributed by atoms with Crippen molar-refractivity contribution in [2.24, 2.45) is 17.1 Å². The Bertz CT molecular complexity index is 365. The van der Waals surface area contributed by atoms with Crippen LogP contribution in [0.1, 0.15) is 40.0 Å². The Morgan fingerprint density at radius 3 is 2.36 bits per heavy atom. The van der Waals surface area contributed by atoms with E-state index >= 15 is 0 Å². The largest absolute Gasteiger partial charge is 0.439 e. The van der Waals surface area contributed by atoms with Gasteiger partial charge in [0, 0.05) is 0 Å². The highest BCUT2D eigenvalue weighted by Gasteiger charge is 2.54. The third-order valence-corrected chi connectivity index (χ3v) is 17.0. The molecule has 1 saturated carbocycles. The van der Waals surface area contributed by atoms with Crippen LogP contribution in [0.2, 0.25) is 44.3 Å². The highest BCUT2D eigenvalue weighted by molar-refractivity contribution is 6.84. The smallest absolute Gasteiger partial charge is 0.311 e. The van der Waals surface area contributed by atoms with Gasteiger partial charge in [-0.3, -0.25) is 0 Å². The zero-order valence-electron chi connectivity index (χ0n) is 16.2. The van der Waals surface area contributed by atoms with E-state index in [-0.39, 0.29) is 0 Å². The Labute approximate surface area is 142 Å². The van der Waals surface area contributed by atoms with Crippen LogP contribution in [0.3, 0.4) is 0 Å². The van der Waals surface area contributed by atoms with Gasteiger partial charge < -0.3 is 14.0 Å². The van der Waals surface area contributed by atoms with Gasteiger partial charge in [-0.05, 0) is 68.6 Å². The Kier molecular flexibility index (Phi) is 7.12. The van der Waals surface area contributed by atoms with Crippen molar-refractivity contribution in [3.05, 3.63) is 0 Å². The van der Waals surface area contributed by atoms with Gasteiger partial charge in [0.25, 0.3) is 0 Å². The van der Waals surface area contributed by atoms with Crippen LogP contribution in [0.15, 0.2) is 0 Å². The van der Waals surface area contributed by atoms with Crippen molar-refractivity contribution >= 4 is 25.9 Å². The highest BCUT2D eigenvalue weighted by Crippen LogP contribution is 2.58. The normalized spacial score (nSPS) is 28.5. The van der Waals surface area contributed by atoms with Crippen LogP contribution >= 0.6 is 0 Å². The van der Waals surface area contributed by atoms with Crippen molar-refractivity contribution < 1.29 is 8.23 Å². The first-order valence-corrected chi connectivity index (χ1v) is 17.3. The highest BCUT2D eigenvalue weighted by atomic mass is 28.5. The predicted molar refractivity (Wildman–Crippen MR) is 105 cm³/mol. The van der Waals surface area contributed by atoms with Crippen LogP contribution in [0.5, 0.6) is 0 Å². The Morgan fingerprint density at radius 2 is 1.91 bits per heavy atom. The average molecular weight is 362 g/mol. The maximum Gasteiger partial charge on any atom is 0.311 e. The summed E-state index contributed by atoms with van der Waals surface area (Å²) in [5, 5.41) is 0. The van der Waals surface area contributed by atoms with Gasteiger partial charge in [0.05, 0.1) is 0 Å². The second-order valence-electron chi connectivity index (χ2n) is 8.81. The van der Waals surface area contributed by atoms with Crippen molar-refractivity contribution in [3.63, 3.8) is 0 Å². The average Bonchev–Trinajstić information content (AvgIpc) is 3.07. The summed E-state index contributed by atoms with van der Waals surface area (Å²) >= 11 is 0. The summed E-state index contributed by atoms with van der Waals surface area (Å²) in [5.74, 6) is 0.811. The van der Waals surface area contributed by atoms with Crippen molar-refractivity contribution in [2.45, 2.75) is 84.4 Å². The second kappa shape index (κ2) is 7.61. The zero-order valence-corrected chi connectivity index (χ0v) is 19.3. The van der Waals surface area contributed by atoms with Crippen molar-refractivity contribution in [1.29, 1.82) is 0 Å². The first-order chi connectivity index (χ1) is 9.95. The quantitative estimate of drug-likeness (QED) is 0.584. The van der Waals surface area contributed by atoms with Crippen LogP contribution in [-0.4, -0.2) is 32.5 Å². The summed E-state index contributed by atoms with van der Waals surface area (Å²) in [6.45, 7) is 19.3. The van der Waals surface area contributed by atoms with Gasteiger partial charge in [-0.25, -0.2) is 0 Å². The van der Waals surface area contributed by atoms with Gasteiger partial charge in [0.15, 0.2) is 17.4 Å². The minimum absolute atomic E-state index is 0.361. The molecule has 22 heavy (non-hydrogen) atoms. The van der Waals surface area contributed by atoms with E-state index in [9.17, 15) is 0 Å². The molecule has 1 rings (SSSR count). The number of hydrogen-bond acceptors (Lipinski definition) is 3. The Hall–Kier alpha value is 0.531. The fourth-order valence-corrected chi connectivity index (χ4v) is 17.4. The van der Waals surface area contributed by atoms with E-state index in [2.05, 4.69) is 53.5 Å². The van der Waals surface area contributed by atoms with Crippen LogP contribution in [0, 0.1) is 11.3 Å². The van der Waals surface area contributed by atoms with Gasteiger partial charge in [-0.15, -0.1) is 0 Å². The number of nitrogens with two attached hydrogens (primary N) is 1. The molecule has 1 aliphatic carbocycles. The van der Waals surface area contributed by atoms with E-state index in [0.717, 1.165) is 18.0 Å². The molecule has 0 amide bonds. The van der Waals surface area contributed by atoms with Gasteiger partial charge in [-0.2, -0.15) is 0 Å². The van der Waals surface area contributed by atoms with E-state index in [4.69, 9.17) is 14.0 Å². The van der Waals surface area contributed by atoms with E-state index in [1.54, 1.807) is 0 Å². The lowest BCUT2D eigenvalue weighted by molar-refractivity contribution is 0.390. The summed E-state index contributed by atoms with van der Waals surface area (Å²) in [6.07, 6.45) is 3.82. The lowest BCUT2D eigenvalue weighted by atomic mass is 10.1. The Balaban J connectivity index is 2.48. The van der Waals surface area contributed by atoms with Gasteiger partial charge in [0.2, 0.25) is 0 Å². The fraction of sp³-hybridized carbons (Fsp3) is 1.00. The molecule has 0 aromatic carbocycles. The maximum atomic E-state index is 6.63. The maximum absolute atomic E-state index is 6.63. The molecule has 4 atom stereocenters. The summed E-state index contributed by atoms with van der Waals surface area (Å²) < 4.78 is 13.2. The number of rotatable bonds is 10. The summed E-state index contributed by atoms with van der Waals surface area (Å²) in [7, 11) is -4.80.